The van der Waals surface area contributed by atoms with Gasteiger partial charge in [0.1, 0.15) is 12.0 Å². The molecule has 21 heavy (non-hydrogen) atoms. The second-order valence-electron chi connectivity index (χ2n) is 5.56. The number of hydrogen-bond donors (Lipinski definition) is 0. The van der Waals surface area contributed by atoms with Crippen LogP contribution in [0.25, 0.3) is 0 Å². The number of carbonyl (C=O) groups is 1. The minimum Gasteiger partial charge on any atom is -0.337 e. The van der Waals surface area contributed by atoms with Crippen molar-refractivity contribution >= 4 is 5.91 Å². The molecule has 2 aromatic heterocycles. The van der Waals surface area contributed by atoms with Crippen molar-refractivity contribution in [2.45, 2.75) is 25.7 Å². The Bertz CT molecular complexity index is 651. The van der Waals surface area contributed by atoms with Gasteiger partial charge in [-0.15, -0.1) is 0 Å². The van der Waals surface area contributed by atoms with Crippen molar-refractivity contribution < 1.29 is 4.79 Å². The Hall–Kier alpha value is -2.24. The molecular formula is C15H19N5O. The van der Waals surface area contributed by atoms with E-state index in [1.165, 1.54) is 0 Å². The molecule has 0 spiro atoms. The summed E-state index contributed by atoms with van der Waals surface area (Å²) < 4.78 is 1.66. The number of likely N-dealkylation sites (tertiary alicyclic amines) is 1. The summed E-state index contributed by atoms with van der Waals surface area (Å²) in [5.41, 5.74) is 2.66. The molecule has 6 heteroatoms. The Labute approximate surface area is 123 Å². The number of amides is 1. The first kappa shape index (κ1) is 13.7. The Balaban J connectivity index is 1.77. The highest BCUT2D eigenvalue weighted by Gasteiger charge is 2.28. The zero-order valence-corrected chi connectivity index (χ0v) is 12.4. The minimum atomic E-state index is 0.00649. The molecule has 0 aromatic carbocycles. The van der Waals surface area contributed by atoms with Crippen molar-refractivity contribution in [1.82, 2.24) is 24.6 Å². The maximum atomic E-state index is 12.5. The van der Waals surface area contributed by atoms with Gasteiger partial charge in [0, 0.05) is 38.4 Å². The van der Waals surface area contributed by atoms with Crippen LogP contribution in [0.3, 0.4) is 0 Å². The Kier molecular flexibility index (Phi) is 3.68. The molecule has 0 unspecified atom stereocenters. The third-order valence-electron chi connectivity index (χ3n) is 3.96. The predicted octanol–water partition coefficient (Wildman–Crippen LogP) is 1.54. The van der Waals surface area contributed by atoms with Crippen molar-refractivity contribution in [2.75, 3.05) is 13.1 Å². The summed E-state index contributed by atoms with van der Waals surface area (Å²) in [6.45, 7) is 3.51. The molecule has 0 radical (unpaired) electrons. The molecule has 0 bridgehead atoms. The Morgan fingerprint density at radius 3 is 3.00 bits per heavy atom. The maximum absolute atomic E-state index is 12.5. The van der Waals surface area contributed by atoms with Gasteiger partial charge in [-0.25, -0.2) is 9.97 Å². The molecule has 1 amide bonds. The normalized spacial score (nSPS) is 18.8. The summed E-state index contributed by atoms with van der Waals surface area (Å²) in [5.74, 6) is 0.293. The second-order valence-corrected chi connectivity index (χ2v) is 5.56. The fraction of sp³-hybridized carbons (Fsp3) is 0.467. The zero-order valence-electron chi connectivity index (χ0n) is 12.4. The van der Waals surface area contributed by atoms with E-state index >= 15 is 0 Å². The third kappa shape index (κ3) is 2.79. The van der Waals surface area contributed by atoms with Crippen LogP contribution < -0.4 is 0 Å². The lowest BCUT2D eigenvalue weighted by atomic mass is 9.92. The van der Waals surface area contributed by atoms with E-state index in [4.69, 9.17) is 0 Å². The number of rotatable bonds is 2. The Morgan fingerprint density at radius 2 is 2.29 bits per heavy atom. The number of hydrogen-bond acceptors (Lipinski definition) is 4. The number of aromatic nitrogens is 4. The molecule has 110 valence electrons. The van der Waals surface area contributed by atoms with Crippen molar-refractivity contribution in [3.05, 3.63) is 41.7 Å². The lowest BCUT2D eigenvalue weighted by molar-refractivity contribution is 0.0699. The van der Waals surface area contributed by atoms with Crippen molar-refractivity contribution in [3.8, 4) is 0 Å². The summed E-state index contributed by atoms with van der Waals surface area (Å²) in [7, 11) is 1.82. The van der Waals surface area contributed by atoms with Gasteiger partial charge in [0.25, 0.3) is 5.91 Å². The molecule has 0 aliphatic carbocycles. The van der Waals surface area contributed by atoms with Crippen LogP contribution in [-0.4, -0.2) is 43.6 Å². The van der Waals surface area contributed by atoms with Gasteiger partial charge in [0.05, 0.1) is 5.69 Å². The summed E-state index contributed by atoms with van der Waals surface area (Å²) in [5, 5.41) is 4.20. The third-order valence-corrected chi connectivity index (χ3v) is 3.96. The summed E-state index contributed by atoms with van der Waals surface area (Å²) in [6.07, 6.45) is 7.27. The molecule has 3 heterocycles. The highest BCUT2D eigenvalue weighted by Crippen LogP contribution is 2.27. The first-order chi connectivity index (χ1) is 10.1. The van der Waals surface area contributed by atoms with Gasteiger partial charge >= 0.3 is 0 Å². The fourth-order valence-corrected chi connectivity index (χ4v) is 2.91. The largest absolute Gasteiger partial charge is 0.337 e. The standard InChI is InChI=1S/C15H19N5O/c1-11-8-16-10-17-14(11)12-4-3-6-20(9-12)15(21)13-5-7-19(2)18-13/h5,7-8,10,12H,3-4,6,9H2,1-2H3/t12-/m0/s1. The van der Waals surface area contributed by atoms with Crippen molar-refractivity contribution in [1.29, 1.82) is 0 Å². The molecule has 0 N–H and O–H groups in total. The molecule has 1 fully saturated rings. The second kappa shape index (κ2) is 5.63. The van der Waals surface area contributed by atoms with Gasteiger partial charge in [-0.1, -0.05) is 0 Å². The van der Waals surface area contributed by atoms with Gasteiger partial charge < -0.3 is 4.90 Å². The molecule has 1 saturated heterocycles. The van der Waals surface area contributed by atoms with Crippen LogP contribution in [0.4, 0.5) is 0 Å². The van der Waals surface area contributed by atoms with E-state index < -0.39 is 0 Å². The van der Waals surface area contributed by atoms with Gasteiger partial charge in [-0.3, -0.25) is 9.48 Å². The number of piperidine rings is 1. The summed E-state index contributed by atoms with van der Waals surface area (Å²) >= 11 is 0. The van der Waals surface area contributed by atoms with Crippen molar-refractivity contribution in [3.63, 3.8) is 0 Å². The monoisotopic (exact) mass is 285 g/mol. The highest BCUT2D eigenvalue weighted by molar-refractivity contribution is 5.92. The predicted molar refractivity (Wildman–Crippen MR) is 77.9 cm³/mol. The SMILES string of the molecule is Cc1cncnc1[C@H]1CCCN(C(=O)c2ccn(C)n2)C1. The van der Waals surface area contributed by atoms with E-state index in [1.807, 2.05) is 25.1 Å². The number of aryl methyl sites for hydroxylation is 2. The fourth-order valence-electron chi connectivity index (χ4n) is 2.91. The van der Waals surface area contributed by atoms with Gasteiger partial charge in [0.2, 0.25) is 0 Å². The summed E-state index contributed by atoms with van der Waals surface area (Å²) in [6, 6.07) is 1.77. The summed E-state index contributed by atoms with van der Waals surface area (Å²) in [4.78, 5) is 22.8. The van der Waals surface area contributed by atoms with Crippen LogP contribution in [0.2, 0.25) is 0 Å². The molecular weight excluding hydrogens is 266 g/mol. The van der Waals surface area contributed by atoms with E-state index in [0.29, 0.717) is 12.2 Å². The average molecular weight is 285 g/mol. The van der Waals surface area contributed by atoms with E-state index in [1.54, 1.807) is 23.3 Å². The average Bonchev–Trinajstić information content (AvgIpc) is 2.94. The van der Waals surface area contributed by atoms with E-state index in [0.717, 1.165) is 30.6 Å². The van der Waals surface area contributed by atoms with Gasteiger partial charge in [-0.05, 0) is 31.4 Å². The van der Waals surface area contributed by atoms with Gasteiger partial charge in [-0.2, -0.15) is 5.10 Å². The first-order valence-corrected chi connectivity index (χ1v) is 7.20. The first-order valence-electron chi connectivity index (χ1n) is 7.20. The van der Waals surface area contributed by atoms with Crippen LogP contribution in [0.15, 0.2) is 24.8 Å². The molecule has 0 saturated carbocycles. The van der Waals surface area contributed by atoms with Crippen LogP contribution in [0, 0.1) is 6.92 Å². The molecule has 2 aromatic rings. The van der Waals surface area contributed by atoms with Crippen LogP contribution >= 0.6 is 0 Å². The smallest absolute Gasteiger partial charge is 0.274 e. The van der Waals surface area contributed by atoms with E-state index in [-0.39, 0.29) is 11.8 Å². The highest BCUT2D eigenvalue weighted by atomic mass is 16.2. The lowest BCUT2D eigenvalue weighted by Gasteiger charge is -2.32. The molecule has 6 nitrogen and oxygen atoms in total. The van der Waals surface area contributed by atoms with Crippen LogP contribution in [-0.2, 0) is 7.05 Å². The maximum Gasteiger partial charge on any atom is 0.274 e. The number of nitrogens with zero attached hydrogens (tertiary/aromatic N) is 5. The molecule has 1 aliphatic rings. The molecule has 1 atom stereocenters. The Morgan fingerprint density at radius 1 is 1.43 bits per heavy atom. The quantitative estimate of drug-likeness (QED) is 0.839. The van der Waals surface area contributed by atoms with Crippen LogP contribution in [0.1, 0.15) is 40.5 Å². The van der Waals surface area contributed by atoms with Gasteiger partial charge in [0.15, 0.2) is 0 Å². The van der Waals surface area contributed by atoms with Crippen LogP contribution in [0.5, 0.6) is 0 Å². The van der Waals surface area contributed by atoms with E-state index in [9.17, 15) is 4.79 Å². The topological polar surface area (TPSA) is 63.9 Å². The molecule has 1 aliphatic heterocycles. The van der Waals surface area contributed by atoms with Crippen molar-refractivity contribution in [2.24, 2.45) is 7.05 Å². The lowest BCUT2D eigenvalue weighted by Crippen LogP contribution is -2.39. The number of carbonyl (C=O) groups excluding carboxylic acids is 1. The minimum absolute atomic E-state index is 0.00649. The zero-order chi connectivity index (χ0) is 14.8. The molecule has 3 rings (SSSR count). The van der Waals surface area contributed by atoms with E-state index in [2.05, 4.69) is 15.1 Å².